The Morgan fingerprint density at radius 3 is 2.71 bits per heavy atom. The summed E-state index contributed by atoms with van der Waals surface area (Å²) in [5.41, 5.74) is 1.02. The molecule has 0 aliphatic carbocycles. The predicted molar refractivity (Wildman–Crippen MR) is 66.3 cm³/mol. The van der Waals surface area contributed by atoms with Gasteiger partial charge in [0.05, 0.1) is 11.9 Å². The van der Waals surface area contributed by atoms with Gasteiger partial charge in [0.15, 0.2) is 0 Å². The first-order chi connectivity index (χ1) is 8.16. The van der Waals surface area contributed by atoms with Gasteiger partial charge in [0, 0.05) is 6.54 Å². The molecule has 1 fully saturated rings. The maximum Gasteiger partial charge on any atom is 0.267 e. The van der Waals surface area contributed by atoms with Crippen LogP contribution in [0, 0.1) is 0 Å². The molecule has 0 spiro atoms. The summed E-state index contributed by atoms with van der Waals surface area (Å²) < 4.78 is 28.5. The molecule has 1 aliphatic heterocycles. The number of rotatable bonds is 5. The number of aryl methyl sites for hydroxylation is 1. The Bertz CT molecular complexity index is 438. The Labute approximate surface area is 102 Å². The van der Waals surface area contributed by atoms with Crippen molar-refractivity contribution < 1.29 is 12.6 Å². The smallest absolute Gasteiger partial charge is 0.267 e. The quantitative estimate of drug-likeness (QED) is 0.796. The molecule has 1 atom stereocenters. The summed E-state index contributed by atoms with van der Waals surface area (Å²) in [7, 11) is -3.40. The molecule has 4 nitrogen and oxygen atoms in total. The zero-order valence-corrected chi connectivity index (χ0v) is 10.4. The highest BCUT2D eigenvalue weighted by molar-refractivity contribution is 7.86. The van der Waals surface area contributed by atoms with Gasteiger partial charge in [-0.05, 0) is 24.9 Å². The minimum Gasteiger partial charge on any atom is -0.314 e. The van der Waals surface area contributed by atoms with Crippen LogP contribution in [0.5, 0.6) is 0 Å². The Balaban J connectivity index is 1.85. The number of benzene rings is 1. The van der Waals surface area contributed by atoms with E-state index in [1.807, 2.05) is 30.3 Å². The van der Waals surface area contributed by atoms with Crippen molar-refractivity contribution in [3.63, 3.8) is 0 Å². The second kappa shape index (κ2) is 5.62. The van der Waals surface area contributed by atoms with Crippen molar-refractivity contribution in [3.05, 3.63) is 35.9 Å². The first kappa shape index (κ1) is 12.5. The summed E-state index contributed by atoms with van der Waals surface area (Å²) in [5.74, 6) is 0.0491. The molecule has 94 valence electrons. The van der Waals surface area contributed by atoms with Crippen molar-refractivity contribution in [1.29, 1.82) is 0 Å². The van der Waals surface area contributed by atoms with Crippen LogP contribution in [0.4, 0.5) is 0 Å². The van der Waals surface area contributed by atoms with Crippen molar-refractivity contribution in [2.45, 2.75) is 18.9 Å². The van der Waals surface area contributed by atoms with Crippen LogP contribution in [0.1, 0.15) is 12.0 Å². The lowest BCUT2D eigenvalue weighted by molar-refractivity contribution is 0.230. The second-order valence-corrected chi connectivity index (χ2v) is 5.92. The van der Waals surface area contributed by atoms with E-state index in [1.165, 1.54) is 0 Å². The molecule has 0 bridgehead atoms. The summed E-state index contributed by atoms with van der Waals surface area (Å²) in [6.07, 6.45) is 1.09. The molecule has 1 aliphatic rings. The van der Waals surface area contributed by atoms with Gasteiger partial charge < -0.3 is 5.32 Å². The van der Waals surface area contributed by atoms with Crippen LogP contribution >= 0.6 is 0 Å². The monoisotopic (exact) mass is 255 g/mol. The number of hydrogen-bond donors (Lipinski definition) is 1. The zero-order valence-electron chi connectivity index (χ0n) is 9.63. The normalized spacial score (nSPS) is 20.6. The molecule has 1 heterocycles. The average molecular weight is 255 g/mol. The van der Waals surface area contributed by atoms with Gasteiger partial charge in [-0.15, -0.1) is 0 Å². The molecule has 17 heavy (non-hydrogen) atoms. The highest BCUT2D eigenvalue weighted by Crippen LogP contribution is 2.10. The van der Waals surface area contributed by atoms with Gasteiger partial charge in [-0.3, -0.25) is 4.18 Å². The van der Waals surface area contributed by atoms with Crippen LogP contribution in [-0.4, -0.2) is 33.4 Å². The van der Waals surface area contributed by atoms with Crippen molar-refractivity contribution in [3.8, 4) is 0 Å². The van der Waals surface area contributed by atoms with Crippen molar-refractivity contribution in [2.75, 3.05) is 18.8 Å². The van der Waals surface area contributed by atoms with Gasteiger partial charge in [0.2, 0.25) is 0 Å². The molecule has 0 aromatic heterocycles. The van der Waals surface area contributed by atoms with E-state index in [-0.39, 0.29) is 11.9 Å². The third-order valence-corrected chi connectivity index (χ3v) is 4.05. The van der Waals surface area contributed by atoms with Crippen molar-refractivity contribution in [1.82, 2.24) is 5.32 Å². The van der Waals surface area contributed by atoms with Crippen LogP contribution < -0.4 is 5.32 Å². The Morgan fingerprint density at radius 2 is 2.06 bits per heavy atom. The van der Waals surface area contributed by atoms with Crippen LogP contribution in [0.15, 0.2) is 30.3 Å². The van der Waals surface area contributed by atoms with E-state index in [0.717, 1.165) is 18.5 Å². The van der Waals surface area contributed by atoms with Gasteiger partial charge in [0.25, 0.3) is 10.1 Å². The fourth-order valence-electron chi connectivity index (χ4n) is 1.85. The van der Waals surface area contributed by atoms with Crippen LogP contribution in [0.3, 0.4) is 0 Å². The van der Waals surface area contributed by atoms with Crippen molar-refractivity contribution in [2.24, 2.45) is 0 Å². The maximum absolute atomic E-state index is 11.7. The lowest BCUT2D eigenvalue weighted by Gasteiger charge is -2.10. The van der Waals surface area contributed by atoms with E-state index >= 15 is 0 Å². The summed E-state index contributed by atoms with van der Waals surface area (Å²) >= 11 is 0. The molecular weight excluding hydrogens is 238 g/mol. The van der Waals surface area contributed by atoms with E-state index in [0.29, 0.717) is 13.0 Å². The minimum absolute atomic E-state index is 0.0491. The van der Waals surface area contributed by atoms with E-state index < -0.39 is 10.1 Å². The fraction of sp³-hybridized carbons (Fsp3) is 0.500. The lowest BCUT2D eigenvalue weighted by Crippen LogP contribution is -2.23. The van der Waals surface area contributed by atoms with Crippen molar-refractivity contribution >= 4 is 10.1 Å². The van der Waals surface area contributed by atoms with Gasteiger partial charge in [0.1, 0.15) is 0 Å². The summed E-state index contributed by atoms with van der Waals surface area (Å²) in [5, 5.41) is 3.08. The highest BCUT2D eigenvalue weighted by atomic mass is 32.2. The average Bonchev–Trinajstić information content (AvgIpc) is 2.80. The van der Waals surface area contributed by atoms with Crippen LogP contribution in [0.2, 0.25) is 0 Å². The van der Waals surface area contributed by atoms with E-state index in [4.69, 9.17) is 4.18 Å². The maximum atomic E-state index is 11.7. The van der Waals surface area contributed by atoms with Gasteiger partial charge >= 0.3 is 0 Å². The summed E-state index contributed by atoms with van der Waals surface area (Å²) in [6, 6.07) is 9.57. The van der Waals surface area contributed by atoms with Gasteiger partial charge in [-0.25, -0.2) is 0 Å². The minimum atomic E-state index is -3.40. The first-order valence-electron chi connectivity index (χ1n) is 5.81. The molecular formula is C12H17NO3S. The largest absolute Gasteiger partial charge is 0.314 e. The van der Waals surface area contributed by atoms with Gasteiger partial charge in [-0.1, -0.05) is 30.3 Å². The molecule has 1 aromatic carbocycles. The predicted octanol–water partition coefficient (Wildman–Crippen LogP) is 0.937. The lowest BCUT2D eigenvalue weighted by atomic mass is 10.2. The zero-order chi connectivity index (χ0) is 12.1. The molecule has 1 saturated heterocycles. The molecule has 5 heteroatoms. The number of nitrogens with one attached hydrogen (secondary N) is 1. The van der Waals surface area contributed by atoms with E-state index in [1.54, 1.807) is 0 Å². The Morgan fingerprint density at radius 1 is 1.29 bits per heavy atom. The second-order valence-electron chi connectivity index (χ2n) is 4.21. The van der Waals surface area contributed by atoms with E-state index in [2.05, 4.69) is 5.32 Å². The highest BCUT2D eigenvalue weighted by Gasteiger charge is 2.22. The molecule has 0 saturated carbocycles. The first-order valence-corrected chi connectivity index (χ1v) is 7.39. The Kier molecular flexibility index (Phi) is 4.15. The third-order valence-electron chi connectivity index (χ3n) is 2.78. The summed E-state index contributed by atoms with van der Waals surface area (Å²) in [6.45, 7) is 1.46. The van der Waals surface area contributed by atoms with E-state index in [9.17, 15) is 8.42 Å². The van der Waals surface area contributed by atoms with Gasteiger partial charge in [-0.2, -0.15) is 8.42 Å². The van der Waals surface area contributed by atoms with Crippen LogP contribution in [-0.2, 0) is 20.7 Å². The van der Waals surface area contributed by atoms with Crippen LogP contribution in [0.25, 0.3) is 0 Å². The topological polar surface area (TPSA) is 55.4 Å². The fourth-order valence-corrected chi connectivity index (χ4v) is 3.01. The molecule has 0 amide bonds. The molecule has 0 radical (unpaired) electrons. The third kappa shape index (κ3) is 4.11. The SMILES string of the molecule is O=S(=O)(CCc1ccccc1)O[C@H]1CCNC1. The molecule has 1 aromatic rings. The molecule has 2 rings (SSSR count). The molecule has 1 N–H and O–H groups in total. The Hall–Kier alpha value is -0.910. The molecule has 0 unspecified atom stereocenters. The standard InChI is InChI=1S/C12H17NO3S/c14-17(15,16-12-6-8-13-10-12)9-7-11-4-2-1-3-5-11/h1-5,12-13H,6-10H2/t12-/m0/s1. The number of hydrogen-bond acceptors (Lipinski definition) is 4. The summed E-state index contributed by atoms with van der Waals surface area (Å²) in [4.78, 5) is 0.